The molecule has 0 aliphatic carbocycles. The average molecular weight is 310 g/mol. The van der Waals surface area contributed by atoms with Gasteiger partial charge in [0.05, 0.1) is 0 Å². The van der Waals surface area contributed by atoms with Crippen LogP contribution in [0.25, 0.3) is 0 Å². The van der Waals surface area contributed by atoms with E-state index >= 15 is 0 Å². The summed E-state index contributed by atoms with van der Waals surface area (Å²) in [7, 11) is 0. The Morgan fingerprint density at radius 1 is 1.09 bits per heavy atom. The highest BCUT2D eigenvalue weighted by Gasteiger charge is 2.25. The Kier molecular flexibility index (Phi) is 5.27. The third-order valence-electron chi connectivity index (χ3n) is 3.98. The smallest absolute Gasteiger partial charge is 0.266 e. The van der Waals surface area contributed by atoms with E-state index < -0.39 is 6.10 Å². The minimum Gasteiger partial charge on any atom is -0.476 e. The van der Waals surface area contributed by atoms with E-state index in [-0.39, 0.29) is 11.9 Å². The van der Waals surface area contributed by atoms with Gasteiger partial charge >= 0.3 is 0 Å². The molecule has 2 atom stereocenters. The fourth-order valence-electron chi connectivity index (χ4n) is 2.79. The molecular formula is C19H22N2O2. The first-order chi connectivity index (χ1) is 11.3. The van der Waals surface area contributed by atoms with Gasteiger partial charge in [0.25, 0.3) is 5.91 Å². The normalized spacial score (nSPS) is 18.9. The van der Waals surface area contributed by atoms with Gasteiger partial charge in [0, 0.05) is 18.2 Å². The molecule has 2 aromatic carbocycles. The fraction of sp³-hybridized carbons (Fsp3) is 0.316. The van der Waals surface area contributed by atoms with Gasteiger partial charge in [-0.3, -0.25) is 4.79 Å². The number of para-hydroxylation sites is 1. The standard InChI is InChI=1S/C19H22N2O2/c22-19(21-16-10-7-13-20-14-16)18(15-8-3-1-4-9-15)23-17-11-5-2-6-12-17/h1-6,8-9,11-12,16,18,20H,7,10,13-14H2,(H,21,22)/t16-,18?/m0/s1. The molecule has 1 heterocycles. The molecule has 0 aromatic heterocycles. The van der Waals surface area contributed by atoms with Crippen LogP contribution in [0.2, 0.25) is 0 Å². The van der Waals surface area contributed by atoms with E-state index in [1.165, 1.54) is 0 Å². The van der Waals surface area contributed by atoms with Gasteiger partial charge in [-0.05, 0) is 31.5 Å². The molecule has 1 saturated heterocycles. The maximum atomic E-state index is 12.8. The van der Waals surface area contributed by atoms with Crippen molar-refractivity contribution < 1.29 is 9.53 Å². The van der Waals surface area contributed by atoms with Crippen LogP contribution < -0.4 is 15.4 Å². The Balaban J connectivity index is 1.75. The second kappa shape index (κ2) is 7.79. The quantitative estimate of drug-likeness (QED) is 0.893. The number of rotatable bonds is 5. The monoisotopic (exact) mass is 310 g/mol. The molecule has 2 aromatic rings. The van der Waals surface area contributed by atoms with E-state index in [0.29, 0.717) is 5.75 Å². The number of ether oxygens (including phenoxy) is 1. The van der Waals surface area contributed by atoms with Crippen molar-refractivity contribution in [3.05, 3.63) is 66.2 Å². The van der Waals surface area contributed by atoms with Crippen molar-refractivity contribution in [1.29, 1.82) is 0 Å². The van der Waals surface area contributed by atoms with Crippen LogP contribution in [-0.4, -0.2) is 25.0 Å². The highest BCUT2D eigenvalue weighted by molar-refractivity contribution is 5.82. The largest absolute Gasteiger partial charge is 0.476 e. The topological polar surface area (TPSA) is 50.4 Å². The molecule has 1 unspecified atom stereocenters. The molecule has 2 N–H and O–H groups in total. The van der Waals surface area contributed by atoms with E-state index in [2.05, 4.69) is 10.6 Å². The minimum atomic E-state index is -0.638. The summed E-state index contributed by atoms with van der Waals surface area (Å²) in [5, 5.41) is 6.42. The van der Waals surface area contributed by atoms with Crippen molar-refractivity contribution in [3.8, 4) is 5.75 Å². The molecule has 4 nitrogen and oxygen atoms in total. The van der Waals surface area contributed by atoms with Crippen LogP contribution in [0, 0.1) is 0 Å². The van der Waals surface area contributed by atoms with Crippen molar-refractivity contribution in [3.63, 3.8) is 0 Å². The van der Waals surface area contributed by atoms with Crippen LogP contribution >= 0.6 is 0 Å². The minimum absolute atomic E-state index is 0.0891. The summed E-state index contributed by atoms with van der Waals surface area (Å²) in [5.41, 5.74) is 0.859. The second-order valence-corrected chi connectivity index (χ2v) is 5.77. The van der Waals surface area contributed by atoms with E-state index in [1.807, 2.05) is 60.7 Å². The number of hydrogen-bond donors (Lipinski definition) is 2. The molecule has 1 aliphatic rings. The Morgan fingerprint density at radius 3 is 2.43 bits per heavy atom. The summed E-state index contributed by atoms with van der Waals surface area (Å²) in [4.78, 5) is 12.8. The Hall–Kier alpha value is -2.33. The molecular weight excluding hydrogens is 288 g/mol. The second-order valence-electron chi connectivity index (χ2n) is 5.77. The molecule has 1 amide bonds. The molecule has 0 bridgehead atoms. The van der Waals surface area contributed by atoms with Gasteiger partial charge < -0.3 is 15.4 Å². The molecule has 1 fully saturated rings. The van der Waals surface area contributed by atoms with Crippen molar-refractivity contribution >= 4 is 5.91 Å². The van der Waals surface area contributed by atoms with Crippen molar-refractivity contribution in [2.45, 2.75) is 25.0 Å². The molecule has 0 radical (unpaired) electrons. The maximum Gasteiger partial charge on any atom is 0.266 e. The molecule has 4 heteroatoms. The van der Waals surface area contributed by atoms with Crippen LogP contribution in [0.15, 0.2) is 60.7 Å². The first-order valence-electron chi connectivity index (χ1n) is 8.10. The molecule has 120 valence electrons. The number of amides is 1. The van der Waals surface area contributed by atoms with E-state index in [1.54, 1.807) is 0 Å². The fourth-order valence-corrected chi connectivity index (χ4v) is 2.79. The number of hydrogen-bond acceptors (Lipinski definition) is 3. The van der Waals surface area contributed by atoms with Gasteiger partial charge in [-0.2, -0.15) is 0 Å². The number of benzene rings is 2. The van der Waals surface area contributed by atoms with Crippen molar-refractivity contribution in [2.24, 2.45) is 0 Å². The van der Waals surface area contributed by atoms with Crippen molar-refractivity contribution in [2.75, 3.05) is 13.1 Å². The van der Waals surface area contributed by atoms with Gasteiger partial charge in [-0.25, -0.2) is 0 Å². The number of carbonyl (C=O) groups is 1. The molecule has 1 aliphatic heterocycles. The molecule has 0 spiro atoms. The van der Waals surface area contributed by atoms with Crippen LogP contribution in [-0.2, 0) is 4.79 Å². The van der Waals surface area contributed by atoms with Crippen LogP contribution in [0.1, 0.15) is 24.5 Å². The zero-order valence-corrected chi connectivity index (χ0v) is 13.1. The number of carbonyl (C=O) groups excluding carboxylic acids is 1. The number of nitrogens with one attached hydrogen (secondary N) is 2. The van der Waals surface area contributed by atoms with E-state index in [4.69, 9.17) is 4.74 Å². The summed E-state index contributed by atoms with van der Waals surface area (Å²) >= 11 is 0. The van der Waals surface area contributed by atoms with E-state index in [9.17, 15) is 4.79 Å². The van der Waals surface area contributed by atoms with Gasteiger partial charge in [0.15, 0.2) is 0 Å². The zero-order valence-electron chi connectivity index (χ0n) is 13.1. The maximum absolute atomic E-state index is 12.8. The van der Waals surface area contributed by atoms with Crippen LogP contribution in [0.5, 0.6) is 5.75 Å². The third-order valence-corrected chi connectivity index (χ3v) is 3.98. The molecule has 3 rings (SSSR count). The predicted octanol–water partition coefficient (Wildman–Crippen LogP) is 2.67. The SMILES string of the molecule is O=C(N[C@H]1CCCNC1)C(Oc1ccccc1)c1ccccc1. The summed E-state index contributed by atoms with van der Waals surface area (Å²) in [6.07, 6.45) is 1.45. The summed E-state index contributed by atoms with van der Waals surface area (Å²) < 4.78 is 5.97. The Morgan fingerprint density at radius 2 is 1.78 bits per heavy atom. The molecule has 23 heavy (non-hydrogen) atoms. The lowest BCUT2D eigenvalue weighted by molar-refractivity contribution is -0.129. The Labute approximate surface area is 136 Å². The lowest BCUT2D eigenvalue weighted by Crippen LogP contribution is -2.47. The average Bonchev–Trinajstić information content (AvgIpc) is 2.62. The lowest BCUT2D eigenvalue weighted by Gasteiger charge is -2.26. The third kappa shape index (κ3) is 4.33. The highest BCUT2D eigenvalue weighted by Crippen LogP contribution is 2.22. The zero-order chi connectivity index (χ0) is 15.9. The molecule has 0 saturated carbocycles. The summed E-state index contributed by atoms with van der Waals surface area (Å²) in [6.45, 7) is 1.84. The first kappa shape index (κ1) is 15.6. The van der Waals surface area contributed by atoms with Gasteiger partial charge in [0.2, 0.25) is 6.10 Å². The van der Waals surface area contributed by atoms with Crippen molar-refractivity contribution in [1.82, 2.24) is 10.6 Å². The predicted molar refractivity (Wildman–Crippen MR) is 90.3 cm³/mol. The van der Waals surface area contributed by atoms with Crippen LogP contribution in [0.3, 0.4) is 0 Å². The van der Waals surface area contributed by atoms with Gasteiger partial charge in [-0.15, -0.1) is 0 Å². The Bertz CT molecular complexity index is 610. The first-order valence-corrected chi connectivity index (χ1v) is 8.10. The summed E-state index contributed by atoms with van der Waals surface area (Å²) in [5.74, 6) is 0.604. The lowest BCUT2D eigenvalue weighted by atomic mass is 10.1. The summed E-state index contributed by atoms with van der Waals surface area (Å²) in [6, 6.07) is 19.3. The van der Waals surface area contributed by atoms with Crippen LogP contribution in [0.4, 0.5) is 0 Å². The van der Waals surface area contributed by atoms with E-state index in [0.717, 1.165) is 31.5 Å². The highest BCUT2D eigenvalue weighted by atomic mass is 16.5. The van der Waals surface area contributed by atoms with Gasteiger partial charge in [-0.1, -0.05) is 48.5 Å². The number of piperidine rings is 1. The van der Waals surface area contributed by atoms with Gasteiger partial charge in [0.1, 0.15) is 5.75 Å².